The first-order valence-corrected chi connectivity index (χ1v) is 7.29. The number of thioether (sulfide) groups is 1. The maximum Gasteiger partial charge on any atom is 0.313 e. The smallest absolute Gasteiger partial charge is 0.313 e. The number of ether oxygens (including phenoxy) is 1. The minimum atomic E-state index is -0.906. The van der Waals surface area contributed by atoms with Gasteiger partial charge in [0.25, 0.3) is 0 Å². The van der Waals surface area contributed by atoms with Crippen LogP contribution in [-0.4, -0.2) is 29.5 Å². The van der Waals surface area contributed by atoms with E-state index in [9.17, 15) is 9.90 Å². The SMILES string of the molecule is CC[C@@H](Sc1ccccc1)[C@H](O)C(C)(C)C(=O)OC. The zero-order chi connectivity index (χ0) is 14.5. The molecule has 0 saturated carbocycles. The number of aliphatic hydroxyl groups excluding tert-OH is 1. The molecule has 19 heavy (non-hydrogen) atoms. The lowest BCUT2D eigenvalue weighted by molar-refractivity contribution is -0.157. The molecule has 0 bridgehead atoms. The Kier molecular flexibility index (Phi) is 5.88. The van der Waals surface area contributed by atoms with Crippen LogP contribution in [0.4, 0.5) is 0 Å². The molecule has 1 rings (SSSR count). The van der Waals surface area contributed by atoms with Crippen molar-refractivity contribution in [1.29, 1.82) is 0 Å². The second-order valence-corrected chi connectivity index (χ2v) is 6.35. The Morgan fingerprint density at radius 3 is 2.42 bits per heavy atom. The van der Waals surface area contributed by atoms with Crippen LogP contribution in [0.25, 0.3) is 0 Å². The monoisotopic (exact) mass is 282 g/mol. The molecule has 0 aromatic heterocycles. The number of esters is 1. The minimum absolute atomic E-state index is 0.0449. The standard InChI is InChI=1S/C15H22O3S/c1-5-12(19-11-9-7-6-8-10-11)13(16)15(2,3)14(17)18-4/h6-10,12-13,16H,5H2,1-4H3/t12-,13+/m1/s1. The number of carbonyl (C=O) groups is 1. The van der Waals surface area contributed by atoms with Gasteiger partial charge in [-0.05, 0) is 32.4 Å². The first-order chi connectivity index (χ1) is 8.93. The van der Waals surface area contributed by atoms with Gasteiger partial charge in [-0.2, -0.15) is 0 Å². The van der Waals surface area contributed by atoms with Crippen LogP contribution in [0.1, 0.15) is 27.2 Å². The summed E-state index contributed by atoms with van der Waals surface area (Å²) in [5.41, 5.74) is -0.906. The summed E-state index contributed by atoms with van der Waals surface area (Å²) < 4.78 is 4.77. The van der Waals surface area contributed by atoms with Crippen molar-refractivity contribution < 1.29 is 14.6 Å². The van der Waals surface area contributed by atoms with Crippen LogP contribution in [0, 0.1) is 5.41 Å². The van der Waals surface area contributed by atoms with Gasteiger partial charge in [0.1, 0.15) is 0 Å². The second kappa shape index (κ2) is 6.96. The molecule has 0 aliphatic carbocycles. The summed E-state index contributed by atoms with van der Waals surface area (Å²) in [6.45, 7) is 5.45. The third-order valence-corrected chi connectivity index (χ3v) is 4.67. The van der Waals surface area contributed by atoms with E-state index in [2.05, 4.69) is 0 Å². The molecule has 0 heterocycles. The number of aliphatic hydroxyl groups is 1. The van der Waals surface area contributed by atoms with E-state index in [1.165, 1.54) is 7.11 Å². The van der Waals surface area contributed by atoms with Gasteiger partial charge in [-0.3, -0.25) is 4.79 Å². The van der Waals surface area contributed by atoms with Gasteiger partial charge in [-0.1, -0.05) is 25.1 Å². The van der Waals surface area contributed by atoms with Crippen LogP contribution >= 0.6 is 11.8 Å². The van der Waals surface area contributed by atoms with Crippen LogP contribution in [0.15, 0.2) is 35.2 Å². The highest BCUT2D eigenvalue weighted by atomic mass is 32.2. The van der Waals surface area contributed by atoms with Gasteiger partial charge in [-0.15, -0.1) is 11.8 Å². The zero-order valence-electron chi connectivity index (χ0n) is 11.9. The lowest BCUT2D eigenvalue weighted by atomic mass is 9.84. The van der Waals surface area contributed by atoms with Crippen molar-refractivity contribution >= 4 is 17.7 Å². The van der Waals surface area contributed by atoms with Gasteiger partial charge >= 0.3 is 5.97 Å². The van der Waals surface area contributed by atoms with Crippen molar-refractivity contribution in [2.45, 2.75) is 43.4 Å². The number of benzene rings is 1. The van der Waals surface area contributed by atoms with E-state index >= 15 is 0 Å². The normalized spacial score (nSPS) is 14.8. The van der Waals surface area contributed by atoms with Crippen molar-refractivity contribution in [3.63, 3.8) is 0 Å². The average molecular weight is 282 g/mol. The summed E-state index contributed by atoms with van der Waals surface area (Å²) in [4.78, 5) is 12.8. The van der Waals surface area contributed by atoms with Crippen molar-refractivity contribution in [3.05, 3.63) is 30.3 Å². The zero-order valence-corrected chi connectivity index (χ0v) is 12.7. The van der Waals surface area contributed by atoms with Gasteiger partial charge in [0, 0.05) is 10.1 Å². The fourth-order valence-electron chi connectivity index (χ4n) is 1.89. The third kappa shape index (κ3) is 3.98. The molecule has 0 amide bonds. The van der Waals surface area contributed by atoms with Crippen molar-refractivity contribution in [3.8, 4) is 0 Å². The summed E-state index contributed by atoms with van der Waals surface area (Å²) >= 11 is 1.59. The van der Waals surface area contributed by atoms with E-state index < -0.39 is 11.5 Å². The summed E-state index contributed by atoms with van der Waals surface area (Å²) in [5, 5.41) is 10.4. The Morgan fingerprint density at radius 1 is 1.37 bits per heavy atom. The highest BCUT2D eigenvalue weighted by Gasteiger charge is 2.41. The van der Waals surface area contributed by atoms with Crippen molar-refractivity contribution in [2.75, 3.05) is 7.11 Å². The molecule has 0 spiro atoms. The largest absolute Gasteiger partial charge is 0.469 e. The predicted octanol–water partition coefficient (Wildman–Crippen LogP) is 3.12. The van der Waals surface area contributed by atoms with Crippen LogP contribution in [0.5, 0.6) is 0 Å². The predicted molar refractivity (Wildman–Crippen MR) is 78.2 cm³/mol. The molecule has 1 aromatic carbocycles. The second-order valence-electron chi connectivity index (χ2n) is 5.04. The molecule has 0 aliphatic heterocycles. The molecular weight excluding hydrogens is 260 g/mol. The summed E-state index contributed by atoms with van der Waals surface area (Å²) in [6.07, 6.45) is 0.0244. The summed E-state index contributed by atoms with van der Waals surface area (Å²) in [5.74, 6) is -0.382. The Hall–Kier alpha value is -1.00. The van der Waals surface area contributed by atoms with E-state index in [-0.39, 0.29) is 11.2 Å². The van der Waals surface area contributed by atoms with Gasteiger partial charge in [0.05, 0.1) is 18.6 Å². The summed E-state index contributed by atoms with van der Waals surface area (Å²) in [6, 6.07) is 9.90. The van der Waals surface area contributed by atoms with E-state index in [1.807, 2.05) is 37.3 Å². The fraction of sp³-hybridized carbons (Fsp3) is 0.533. The Balaban J connectivity index is 2.82. The van der Waals surface area contributed by atoms with Crippen LogP contribution < -0.4 is 0 Å². The molecule has 106 valence electrons. The lowest BCUT2D eigenvalue weighted by Crippen LogP contribution is -2.43. The molecule has 4 heteroatoms. The fourth-order valence-corrected chi connectivity index (χ4v) is 3.19. The Morgan fingerprint density at radius 2 is 1.95 bits per heavy atom. The molecule has 0 aliphatic rings. The Bertz CT molecular complexity index is 403. The van der Waals surface area contributed by atoms with E-state index in [0.29, 0.717) is 0 Å². The number of hydrogen-bond donors (Lipinski definition) is 1. The molecule has 0 saturated heterocycles. The maximum atomic E-state index is 11.8. The van der Waals surface area contributed by atoms with E-state index in [0.717, 1.165) is 11.3 Å². The molecule has 1 aromatic rings. The number of carbonyl (C=O) groups excluding carboxylic acids is 1. The number of hydrogen-bond acceptors (Lipinski definition) is 4. The first-order valence-electron chi connectivity index (χ1n) is 6.41. The van der Waals surface area contributed by atoms with E-state index in [1.54, 1.807) is 25.6 Å². The molecule has 2 atom stereocenters. The Labute approximate surface area is 119 Å². The maximum absolute atomic E-state index is 11.8. The number of methoxy groups -OCH3 is 1. The van der Waals surface area contributed by atoms with Gasteiger partial charge in [0.15, 0.2) is 0 Å². The molecule has 0 fully saturated rings. The first kappa shape index (κ1) is 16.1. The number of rotatable bonds is 6. The quantitative estimate of drug-likeness (QED) is 0.643. The molecule has 0 radical (unpaired) electrons. The molecule has 0 unspecified atom stereocenters. The van der Waals surface area contributed by atoms with Gasteiger partial charge in [0.2, 0.25) is 0 Å². The van der Waals surface area contributed by atoms with Crippen molar-refractivity contribution in [1.82, 2.24) is 0 Å². The van der Waals surface area contributed by atoms with Crippen LogP contribution in [0.3, 0.4) is 0 Å². The van der Waals surface area contributed by atoms with Crippen molar-refractivity contribution in [2.24, 2.45) is 5.41 Å². The van der Waals surface area contributed by atoms with E-state index in [4.69, 9.17) is 4.74 Å². The molecular formula is C15H22O3S. The summed E-state index contributed by atoms with van der Waals surface area (Å²) in [7, 11) is 1.35. The molecule has 1 N–H and O–H groups in total. The van der Waals surface area contributed by atoms with Gasteiger partial charge in [-0.25, -0.2) is 0 Å². The third-order valence-electron chi connectivity index (χ3n) is 3.24. The average Bonchev–Trinajstić information content (AvgIpc) is 2.44. The highest BCUT2D eigenvalue weighted by Crippen LogP contribution is 2.35. The highest BCUT2D eigenvalue weighted by molar-refractivity contribution is 8.00. The van der Waals surface area contributed by atoms with Crippen LogP contribution in [-0.2, 0) is 9.53 Å². The molecule has 3 nitrogen and oxygen atoms in total. The minimum Gasteiger partial charge on any atom is -0.469 e. The topological polar surface area (TPSA) is 46.5 Å². The van der Waals surface area contributed by atoms with Crippen LogP contribution in [0.2, 0.25) is 0 Å². The lowest BCUT2D eigenvalue weighted by Gasteiger charge is -2.32. The van der Waals surface area contributed by atoms with Gasteiger partial charge < -0.3 is 9.84 Å².